The SMILES string of the molecule is Nc1c(C2(F)CC2(F)F)cnn1S(Cl)(Cl)c1c(F)c(F)c(F)c(F)c1F. The summed E-state index contributed by atoms with van der Waals surface area (Å²) in [5.41, 5.74) is 1.38. The van der Waals surface area contributed by atoms with Gasteiger partial charge in [-0.25, -0.2) is 35.1 Å². The van der Waals surface area contributed by atoms with E-state index in [0.717, 1.165) is 0 Å². The lowest BCUT2D eigenvalue weighted by Crippen LogP contribution is -2.15. The highest BCUT2D eigenvalue weighted by Gasteiger charge is 2.75. The molecule has 14 heteroatoms. The molecule has 26 heavy (non-hydrogen) atoms. The van der Waals surface area contributed by atoms with Crippen LogP contribution in [0.5, 0.6) is 0 Å². The molecule has 0 aliphatic heterocycles. The van der Waals surface area contributed by atoms with E-state index in [1.165, 1.54) is 0 Å². The highest BCUT2D eigenvalue weighted by atomic mass is 36.0. The van der Waals surface area contributed by atoms with Crippen molar-refractivity contribution in [2.75, 3.05) is 5.73 Å². The van der Waals surface area contributed by atoms with Gasteiger partial charge in [-0.3, -0.25) is 0 Å². The average molecular weight is 446 g/mol. The van der Waals surface area contributed by atoms with Crippen molar-refractivity contribution >= 4 is 35.8 Å². The number of nitrogens with two attached hydrogens (primary N) is 1. The standard InChI is InChI=1S/C12H5Cl2F8N3S/c13-26(14,9-7(18)5(16)4(15)6(17)8(9)19)25-10(23)3(1-24-25)11(20)2-12(11,21)22/h1H,2,23H2. The van der Waals surface area contributed by atoms with Crippen molar-refractivity contribution in [1.82, 2.24) is 9.19 Å². The van der Waals surface area contributed by atoms with Gasteiger partial charge in [0.15, 0.2) is 23.3 Å². The third kappa shape index (κ3) is 2.38. The van der Waals surface area contributed by atoms with E-state index in [1.54, 1.807) is 0 Å². The largest absolute Gasteiger partial charge is 0.383 e. The lowest BCUT2D eigenvalue weighted by molar-refractivity contribution is 0.0424. The van der Waals surface area contributed by atoms with Crippen molar-refractivity contribution in [3.63, 3.8) is 0 Å². The predicted molar refractivity (Wildman–Crippen MR) is 78.2 cm³/mol. The fourth-order valence-electron chi connectivity index (χ4n) is 2.27. The molecule has 0 radical (unpaired) electrons. The van der Waals surface area contributed by atoms with E-state index in [9.17, 15) is 35.1 Å². The monoisotopic (exact) mass is 445 g/mol. The molecule has 2 aromatic rings. The van der Waals surface area contributed by atoms with E-state index in [2.05, 4.69) is 5.10 Å². The second-order valence-electron chi connectivity index (χ2n) is 5.34. The Balaban J connectivity index is 2.19. The summed E-state index contributed by atoms with van der Waals surface area (Å²) in [5, 5.41) is 3.32. The number of nitrogens with zero attached hydrogens (tertiary/aromatic N) is 2. The number of anilines is 1. The van der Waals surface area contributed by atoms with Crippen LogP contribution in [0.2, 0.25) is 0 Å². The van der Waals surface area contributed by atoms with Crippen LogP contribution in [0, 0.1) is 29.1 Å². The van der Waals surface area contributed by atoms with E-state index in [-0.39, 0.29) is 4.09 Å². The maximum Gasteiger partial charge on any atom is 0.289 e. The average Bonchev–Trinajstić information content (AvgIpc) is 2.86. The van der Waals surface area contributed by atoms with Gasteiger partial charge >= 0.3 is 0 Å². The normalized spacial score (nSPS) is 22.5. The zero-order valence-electron chi connectivity index (χ0n) is 11.9. The van der Waals surface area contributed by atoms with E-state index in [0.29, 0.717) is 6.20 Å². The molecule has 2 N–H and O–H groups in total. The van der Waals surface area contributed by atoms with Crippen LogP contribution in [0.4, 0.5) is 40.9 Å². The van der Waals surface area contributed by atoms with Crippen LogP contribution in [0.1, 0.15) is 12.0 Å². The maximum atomic E-state index is 14.1. The number of rotatable bonds is 3. The number of aromatic nitrogens is 2. The van der Waals surface area contributed by atoms with Gasteiger partial charge in [-0.1, -0.05) is 0 Å². The fraction of sp³-hybridized carbons (Fsp3) is 0.250. The minimum Gasteiger partial charge on any atom is -0.383 e. The number of hydrogen-bond donors (Lipinski definition) is 1. The van der Waals surface area contributed by atoms with Crippen molar-refractivity contribution in [1.29, 1.82) is 0 Å². The number of halogens is 10. The summed E-state index contributed by atoms with van der Waals surface area (Å²) in [6.07, 6.45) is -0.736. The van der Waals surface area contributed by atoms with E-state index in [1.807, 2.05) is 0 Å². The van der Waals surface area contributed by atoms with Gasteiger partial charge in [-0.2, -0.15) is 9.19 Å². The lowest BCUT2D eigenvalue weighted by atomic mass is 10.2. The second-order valence-corrected chi connectivity index (χ2v) is 10.1. The Morgan fingerprint density at radius 1 is 0.962 bits per heavy atom. The summed E-state index contributed by atoms with van der Waals surface area (Å²) in [4.78, 5) is -1.67. The van der Waals surface area contributed by atoms with Gasteiger partial charge in [0, 0.05) is 0 Å². The molecule has 1 aliphatic rings. The molecule has 1 atom stereocenters. The van der Waals surface area contributed by atoms with Crippen LogP contribution >= 0.6 is 30.0 Å². The first kappa shape index (κ1) is 19.4. The molecule has 0 amide bonds. The van der Waals surface area contributed by atoms with Crippen molar-refractivity contribution in [3.8, 4) is 0 Å². The van der Waals surface area contributed by atoms with Crippen LogP contribution in [-0.4, -0.2) is 15.1 Å². The molecule has 144 valence electrons. The minimum absolute atomic E-state index is 0.152. The third-order valence-electron chi connectivity index (χ3n) is 3.75. The first-order valence-electron chi connectivity index (χ1n) is 6.42. The molecular weight excluding hydrogens is 441 g/mol. The zero-order valence-corrected chi connectivity index (χ0v) is 14.3. The molecule has 0 spiro atoms. The van der Waals surface area contributed by atoms with E-state index < -0.39 is 72.0 Å². The summed E-state index contributed by atoms with van der Waals surface area (Å²) in [6, 6.07) is 0. The third-order valence-corrected chi connectivity index (χ3v) is 7.04. The summed E-state index contributed by atoms with van der Waals surface area (Å²) >= 11 is 0. The van der Waals surface area contributed by atoms with E-state index >= 15 is 0 Å². The van der Waals surface area contributed by atoms with Gasteiger partial charge in [0.05, 0.1) is 26.8 Å². The van der Waals surface area contributed by atoms with Crippen LogP contribution in [0.15, 0.2) is 11.1 Å². The Hall–Kier alpha value is -1.40. The van der Waals surface area contributed by atoms with Crippen molar-refractivity contribution in [2.24, 2.45) is 0 Å². The molecule has 3 rings (SSSR count). The second kappa shape index (κ2) is 5.55. The molecule has 1 aliphatic carbocycles. The molecule has 0 saturated heterocycles. The Labute approximate surface area is 150 Å². The van der Waals surface area contributed by atoms with Gasteiger partial charge < -0.3 is 5.73 Å². The molecule has 1 saturated carbocycles. The topological polar surface area (TPSA) is 43.8 Å². The summed E-state index contributed by atoms with van der Waals surface area (Å²) in [7, 11) is 7.33. The molecule has 0 bridgehead atoms. The quantitative estimate of drug-likeness (QED) is 0.395. The smallest absolute Gasteiger partial charge is 0.289 e. The zero-order chi connectivity index (χ0) is 19.8. The molecular formula is C12H5Cl2F8N3S. The Kier molecular flexibility index (Phi) is 4.13. The fourth-order valence-corrected chi connectivity index (χ4v) is 5.04. The predicted octanol–water partition coefficient (Wildman–Crippen LogP) is 5.30. The summed E-state index contributed by atoms with van der Waals surface area (Å²) in [5.74, 6) is -16.5. The first-order chi connectivity index (χ1) is 11.8. The molecule has 3 nitrogen and oxygen atoms in total. The van der Waals surface area contributed by atoms with Crippen LogP contribution < -0.4 is 5.73 Å². The molecule has 1 heterocycles. The Morgan fingerprint density at radius 2 is 1.38 bits per heavy atom. The highest BCUT2D eigenvalue weighted by molar-refractivity contribution is 8.65. The van der Waals surface area contributed by atoms with Gasteiger partial charge in [-0.15, -0.1) is 0 Å². The number of alkyl halides is 3. The van der Waals surface area contributed by atoms with Crippen molar-refractivity contribution in [2.45, 2.75) is 22.9 Å². The Morgan fingerprint density at radius 3 is 1.81 bits per heavy atom. The molecule has 1 aromatic heterocycles. The Bertz CT molecular complexity index is 905. The highest BCUT2D eigenvalue weighted by Crippen LogP contribution is 2.70. The number of benzene rings is 1. The number of hydrogen-bond acceptors (Lipinski definition) is 2. The van der Waals surface area contributed by atoms with Gasteiger partial charge in [-0.05, 0) is 21.4 Å². The van der Waals surface area contributed by atoms with Gasteiger partial charge in [0.2, 0.25) is 11.5 Å². The minimum atomic E-state index is -4.22. The molecule has 1 fully saturated rings. The van der Waals surface area contributed by atoms with Crippen LogP contribution in [-0.2, 0) is 5.67 Å². The molecule has 1 aromatic carbocycles. The summed E-state index contributed by atoms with van der Waals surface area (Å²) in [6.45, 7) is 0. The summed E-state index contributed by atoms with van der Waals surface area (Å²) < 4.78 is 108. The van der Waals surface area contributed by atoms with Gasteiger partial charge in [0.25, 0.3) is 5.92 Å². The number of nitrogen functional groups attached to an aromatic ring is 1. The van der Waals surface area contributed by atoms with Crippen molar-refractivity contribution < 1.29 is 35.1 Å². The van der Waals surface area contributed by atoms with Gasteiger partial charge in [0.1, 0.15) is 10.7 Å². The van der Waals surface area contributed by atoms with Crippen LogP contribution in [0.25, 0.3) is 0 Å². The first-order valence-corrected chi connectivity index (χ1v) is 9.67. The molecule has 1 unspecified atom stereocenters. The van der Waals surface area contributed by atoms with Crippen LogP contribution in [0.3, 0.4) is 0 Å². The van der Waals surface area contributed by atoms with E-state index in [4.69, 9.17) is 27.1 Å². The van der Waals surface area contributed by atoms with Crippen molar-refractivity contribution in [3.05, 3.63) is 40.8 Å². The maximum absolute atomic E-state index is 14.1. The lowest BCUT2D eigenvalue weighted by Gasteiger charge is -2.27.